The minimum Gasteiger partial charge on any atom is -0.309 e. The van der Waals surface area contributed by atoms with Crippen molar-refractivity contribution >= 4 is 136 Å². The van der Waals surface area contributed by atoms with Crippen LogP contribution in [0.3, 0.4) is 0 Å². The molecule has 330 valence electrons. The molecule has 0 atom stereocenters. The zero-order chi connectivity index (χ0) is 46.3. The SMILES string of the molecule is c1ccc(-n2c3ccccc3c3cc(-c4ccc5c(c4)c4cc(N6c7ccccc7Sc7cc8c(cc76)sc6cc7c9ccccc9c9ccccc9c7cc68)ccc4n5-c4ccccc4)ccc32)cc1. The van der Waals surface area contributed by atoms with Crippen molar-refractivity contribution in [2.75, 3.05) is 4.90 Å². The van der Waals surface area contributed by atoms with E-state index < -0.39 is 0 Å². The molecule has 0 fully saturated rings. The highest BCUT2D eigenvalue weighted by Gasteiger charge is 2.28. The molecule has 0 saturated carbocycles. The molecule has 12 aromatic carbocycles. The molecule has 1 aliphatic heterocycles. The number of aromatic nitrogens is 2. The fraction of sp³-hybridized carbons (Fsp3) is 0. The number of rotatable bonds is 4. The summed E-state index contributed by atoms with van der Waals surface area (Å²) in [5.41, 5.74) is 13.0. The predicted octanol–water partition coefficient (Wildman–Crippen LogP) is 19.3. The third-order valence-corrected chi connectivity index (χ3v) is 17.3. The first kappa shape index (κ1) is 39.3. The van der Waals surface area contributed by atoms with Gasteiger partial charge in [0.1, 0.15) is 0 Å². The molecule has 0 amide bonds. The number of benzene rings is 12. The highest BCUT2D eigenvalue weighted by Crippen LogP contribution is 2.55. The van der Waals surface area contributed by atoms with Crippen molar-refractivity contribution in [2.45, 2.75) is 9.79 Å². The second-order valence-electron chi connectivity index (χ2n) is 18.8. The topological polar surface area (TPSA) is 13.1 Å². The number of hydrogen-bond donors (Lipinski definition) is 0. The minimum absolute atomic E-state index is 1.14. The quantitative estimate of drug-likeness (QED) is 0.163. The summed E-state index contributed by atoms with van der Waals surface area (Å²) in [6.45, 7) is 0. The molecule has 3 aromatic heterocycles. The molecule has 15 aromatic rings. The lowest BCUT2D eigenvalue weighted by atomic mass is 9.93. The lowest BCUT2D eigenvalue weighted by Gasteiger charge is -2.33. The van der Waals surface area contributed by atoms with Gasteiger partial charge in [0.15, 0.2) is 0 Å². The van der Waals surface area contributed by atoms with Gasteiger partial charge < -0.3 is 14.0 Å². The maximum absolute atomic E-state index is 2.51. The Bertz CT molecular complexity index is 4730. The molecule has 16 rings (SSSR count). The molecule has 0 radical (unpaired) electrons. The van der Waals surface area contributed by atoms with Gasteiger partial charge in [0, 0.05) is 68.6 Å². The third kappa shape index (κ3) is 5.73. The highest BCUT2D eigenvalue weighted by atomic mass is 32.2. The van der Waals surface area contributed by atoms with Gasteiger partial charge >= 0.3 is 0 Å². The third-order valence-electron chi connectivity index (χ3n) is 15.0. The van der Waals surface area contributed by atoms with Crippen molar-refractivity contribution < 1.29 is 0 Å². The van der Waals surface area contributed by atoms with Crippen molar-refractivity contribution in [3.05, 3.63) is 237 Å². The molecule has 5 heteroatoms. The van der Waals surface area contributed by atoms with Crippen LogP contribution in [0.4, 0.5) is 17.1 Å². The maximum atomic E-state index is 2.51. The van der Waals surface area contributed by atoms with Crippen molar-refractivity contribution in [3.63, 3.8) is 0 Å². The molecule has 0 aliphatic carbocycles. The van der Waals surface area contributed by atoms with Crippen LogP contribution in [0.2, 0.25) is 0 Å². The van der Waals surface area contributed by atoms with Crippen LogP contribution in [0.5, 0.6) is 0 Å². The first-order valence-electron chi connectivity index (χ1n) is 24.2. The molecular weight excluding hydrogens is 899 g/mol. The number of hydrogen-bond acceptors (Lipinski definition) is 3. The fourth-order valence-electron chi connectivity index (χ4n) is 11.9. The first-order valence-corrected chi connectivity index (χ1v) is 25.9. The zero-order valence-electron chi connectivity index (χ0n) is 38.2. The number of nitrogens with zero attached hydrogens (tertiary/aromatic N) is 3. The van der Waals surface area contributed by atoms with Crippen LogP contribution in [-0.4, -0.2) is 9.13 Å². The molecule has 3 nitrogen and oxygen atoms in total. The summed E-state index contributed by atoms with van der Waals surface area (Å²) in [7, 11) is 0. The molecule has 0 saturated heterocycles. The van der Waals surface area contributed by atoms with Gasteiger partial charge in [-0.25, -0.2) is 0 Å². The van der Waals surface area contributed by atoms with E-state index in [1.165, 1.54) is 134 Å². The second-order valence-corrected chi connectivity index (χ2v) is 21.0. The fourth-order valence-corrected chi connectivity index (χ4v) is 14.1. The molecule has 0 N–H and O–H groups in total. The first-order chi connectivity index (χ1) is 35.2. The molecule has 0 bridgehead atoms. The van der Waals surface area contributed by atoms with Crippen molar-refractivity contribution in [1.82, 2.24) is 9.13 Å². The van der Waals surface area contributed by atoms with Gasteiger partial charge in [0.2, 0.25) is 0 Å². The Morgan fingerprint density at radius 1 is 0.254 bits per heavy atom. The predicted molar refractivity (Wildman–Crippen MR) is 305 cm³/mol. The standard InChI is InChI=1S/C66H39N3S2/c1-3-15-42(16-4-1)67-57-24-12-11-23-49(57)52-33-40(27-30-58(52)67)41-28-31-59-53(34-41)54-35-44(29-32-60(54)68(59)43-17-5-2-6-18-43)69-61-25-13-14-26-63(61)70-66-38-56-55-36-50-47-21-9-7-19-45(47)46-20-8-10-22-48(46)51(50)37-64(55)71-65(56)39-62(66)69/h1-39H. The van der Waals surface area contributed by atoms with Gasteiger partial charge in [-0.15, -0.1) is 11.3 Å². The van der Waals surface area contributed by atoms with E-state index in [0.29, 0.717) is 0 Å². The molecule has 1 aliphatic rings. The lowest BCUT2D eigenvalue weighted by Crippen LogP contribution is -2.14. The van der Waals surface area contributed by atoms with E-state index in [1.54, 1.807) is 0 Å². The van der Waals surface area contributed by atoms with E-state index in [0.717, 1.165) is 11.4 Å². The Kier molecular flexibility index (Phi) is 8.26. The lowest BCUT2D eigenvalue weighted by molar-refractivity contribution is 1.17. The van der Waals surface area contributed by atoms with E-state index >= 15 is 0 Å². The summed E-state index contributed by atoms with van der Waals surface area (Å²) in [4.78, 5) is 5.02. The molecule has 0 spiro atoms. The Morgan fingerprint density at radius 3 is 1.39 bits per heavy atom. The smallest absolute Gasteiger partial charge is 0.0616 e. The van der Waals surface area contributed by atoms with Crippen LogP contribution < -0.4 is 4.90 Å². The van der Waals surface area contributed by atoms with Gasteiger partial charge in [0.05, 0.1) is 33.4 Å². The average molecular weight is 938 g/mol. The highest BCUT2D eigenvalue weighted by molar-refractivity contribution is 7.99. The van der Waals surface area contributed by atoms with Crippen molar-refractivity contribution in [3.8, 4) is 22.5 Å². The summed E-state index contributed by atoms with van der Waals surface area (Å²) < 4.78 is 7.43. The zero-order valence-corrected chi connectivity index (χ0v) is 39.8. The van der Waals surface area contributed by atoms with Gasteiger partial charge in [-0.05, 0) is 153 Å². The monoisotopic (exact) mass is 937 g/mol. The van der Waals surface area contributed by atoms with E-state index in [9.17, 15) is 0 Å². The average Bonchev–Trinajstić information content (AvgIpc) is 4.08. The van der Waals surface area contributed by atoms with E-state index in [4.69, 9.17) is 0 Å². The number of para-hydroxylation sites is 4. The van der Waals surface area contributed by atoms with E-state index in [1.807, 2.05) is 23.1 Å². The summed E-state index contributed by atoms with van der Waals surface area (Å²) >= 11 is 3.79. The van der Waals surface area contributed by atoms with Gasteiger partial charge in [-0.2, -0.15) is 0 Å². The summed E-state index contributed by atoms with van der Waals surface area (Å²) in [6, 6.07) is 88.0. The Balaban J connectivity index is 0.895. The van der Waals surface area contributed by atoms with Crippen molar-refractivity contribution in [1.29, 1.82) is 0 Å². The maximum Gasteiger partial charge on any atom is 0.0616 e. The Morgan fingerprint density at radius 2 is 0.732 bits per heavy atom. The summed E-state index contributed by atoms with van der Waals surface area (Å²) in [5.74, 6) is 0. The van der Waals surface area contributed by atoms with Gasteiger partial charge in [-0.3, -0.25) is 0 Å². The molecule has 0 unspecified atom stereocenters. The number of thiophene rings is 1. The van der Waals surface area contributed by atoms with Crippen LogP contribution in [0.1, 0.15) is 0 Å². The van der Waals surface area contributed by atoms with Gasteiger partial charge in [0.25, 0.3) is 0 Å². The van der Waals surface area contributed by atoms with Crippen LogP contribution in [-0.2, 0) is 0 Å². The van der Waals surface area contributed by atoms with Crippen LogP contribution in [0.15, 0.2) is 246 Å². The van der Waals surface area contributed by atoms with Crippen molar-refractivity contribution in [2.24, 2.45) is 0 Å². The summed E-state index contributed by atoms with van der Waals surface area (Å²) in [6.07, 6.45) is 0. The Labute approximate surface area is 416 Å². The largest absolute Gasteiger partial charge is 0.309 e. The van der Waals surface area contributed by atoms with Crippen LogP contribution in [0.25, 0.3) is 119 Å². The summed E-state index contributed by atoms with van der Waals surface area (Å²) in [5, 5.41) is 15.4. The normalized spacial score (nSPS) is 12.7. The minimum atomic E-state index is 1.14. The molecular formula is C66H39N3S2. The molecule has 71 heavy (non-hydrogen) atoms. The van der Waals surface area contributed by atoms with E-state index in [-0.39, 0.29) is 0 Å². The van der Waals surface area contributed by atoms with Gasteiger partial charge in [-0.1, -0.05) is 139 Å². The molecule has 4 heterocycles. The van der Waals surface area contributed by atoms with E-state index in [2.05, 4.69) is 251 Å². The van der Waals surface area contributed by atoms with Crippen LogP contribution >= 0.6 is 23.1 Å². The number of fused-ring (bicyclic) bond motifs is 17. The van der Waals surface area contributed by atoms with Crippen LogP contribution in [0, 0.1) is 0 Å². The second kappa shape index (κ2) is 14.9. The Hall–Kier alpha value is -8.61. The number of anilines is 3.